The number of nitrogens with one attached hydrogen (secondary N) is 2. The number of ether oxygens (including phenoxy) is 1. The van der Waals surface area contributed by atoms with Crippen molar-refractivity contribution in [2.24, 2.45) is 0 Å². The van der Waals surface area contributed by atoms with Crippen LogP contribution in [0.15, 0.2) is 10.9 Å². The quantitative estimate of drug-likeness (QED) is 0.673. The van der Waals surface area contributed by atoms with E-state index in [-0.39, 0.29) is 11.7 Å². The molecule has 5 heteroatoms. The van der Waals surface area contributed by atoms with Crippen LogP contribution in [0.1, 0.15) is 57.7 Å². The predicted octanol–water partition coefficient (Wildman–Crippen LogP) is 2.15. The van der Waals surface area contributed by atoms with Crippen LogP contribution in [0, 0.1) is 0 Å². The number of hydrogen-bond acceptors (Lipinski definition) is 4. The largest absolute Gasteiger partial charge is 0.371 e. The normalized spacial score (nSPS) is 12.6. The van der Waals surface area contributed by atoms with Crippen LogP contribution in [0.2, 0.25) is 0 Å². The molecule has 0 saturated carbocycles. The third-order valence-corrected chi connectivity index (χ3v) is 2.77. The first kappa shape index (κ1) is 15.9. The third-order valence-electron chi connectivity index (χ3n) is 2.77. The fourth-order valence-corrected chi connectivity index (χ4v) is 1.93. The predicted molar refractivity (Wildman–Crippen MR) is 76.1 cm³/mol. The standard InChI is InChI=1S/C14H25N3O2/c1-4-7-12(19-6-3)14-16-11(9-13(18)17-14)10-15-8-5-2/h9,12,15H,4-8,10H2,1-3H3,(H,16,17,18). The van der Waals surface area contributed by atoms with Crippen molar-refractivity contribution in [2.75, 3.05) is 13.2 Å². The van der Waals surface area contributed by atoms with Crippen LogP contribution >= 0.6 is 0 Å². The molecular weight excluding hydrogens is 242 g/mol. The molecule has 1 heterocycles. The van der Waals surface area contributed by atoms with Crippen molar-refractivity contribution in [1.82, 2.24) is 15.3 Å². The van der Waals surface area contributed by atoms with Crippen molar-refractivity contribution in [3.8, 4) is 0 Å². The summed E-state index contributed by atoms with van der Waals surface area (Å²) < 4.78 is 5.65. The smallest absolute Gasteiger partial charge is 0.251 e. The summed E-state index contributed by atoms with van der Waals surface area (Å²) in [6.45, 7) is 8.32. The average Bonchev–Trinajstić information content (AvgIpc) is 2.38. The average molecular weight is 267 g/mol. The Labute approximate surface area is 114 Å². The fraction of sp³-hybridized carbons (Fsp3) is 0.714. The molecule has 1 rings (SSSR count). The number of H-pyrrole nitrogens is 1. The minimum atomic E-state index is -0.117. The van der Waals surface area contributed by atoms with Crippen molar-refractivity contribution in [2.45, 2.75) is 52.7 Å². The summed E-state index contributed by atoms with van der Waals surface area (Å²) >= 11 is 0. The van der Waals surface area contributed by atoms with Gasteiger partial charge in [-0.3, -0.25) is 4.79 Å². The van der Waals surface area contributed by atoms with E-state index in [4.69, 9.17) is 4.74 Å². The number of rotatable bonds is 9. The fourth-order valence-electron chi connectivity index (χ4n) is 1.93. The molecular formula is C14H25N3O2. The highest BCUT2D eigenvalue weighted by Crippen LogP contribution is 2.18. The highest BCUT2D eigenvalue weighted by Gasteiger charge is 2.14. The first-order valence-corrected chi connectivity index (χ1v) is 7.13. The molecule has 0 aliphatic carbocycles. The zero-order chi connectivity index (χ0) is 14.1. The van der Waals surface area contributed by atoms with Gasteiger partial charge < -0.3 is 15.0 Å². The maximum atomic E-state index is 11.7. The Balaban J connectivity index is 2.83. The topological polar surface area (TPSA) is 67.0 Å². The van der Waals surface area contributed by atoms with E-state index in [9.17, 15) is 4.79 Å². The monoisotopic (exact) mass is 267 g/mol. The molecule has 2 N–H and O–H groups in total. The van der Waals surface area contributed by atoms with Gasteiger partial charge in [-0.2, -0.15) is 0 Å². The molecule has 1 aromatic heterocycles. The van der Waals surface area contributed by atoms with Crippen molar-refractivity contribution in [3.05, 3.63) is 27.9 Å². The summed E-state index contributed by atoms with van der Waals surface area (Å²) in [5.41, 5.74) is 0.659. The minimum absolute atomic E-state index is 0.112. The summed E-state index contributed by atoms with van der Waals surface area (Å²) in [7, 11) is 0. The first-order valence-electron chi connectivity index (χ1n) is 7.13. The van der Waals surface area contributed by atoms with Gasteiger partial charge in [0.05, 0.1) is 5.69 Å². The molecule has 5 nitrogen and oxygen atoms in total. The van der Waals surface area contributed by atoms with Gasteiger partial charge in [0.1, 0.15) is 11.9 Å². The molecule has 0 amide bonds. The zero-order valence-electron chi connectivity index (χ0n) is 12.2. The lowest BCUT2D eigenvalue weighted by atomic mass is 10.2. The van der Waals surface area contributed by atoms with Gasteiger partial charge in [-0.05, 0) is 26.3 Å². The summed E-state index contributed by atoms with van der Waals surface area (Å²) in [5, 5.41) is 3.25. The van der Waals surface area contributed by atoms with Gasteiger partial charge in [0, 0.05) is 19.2 Å². The summed E-state index contributed by atoms with van der Waals surface area (Å²) in [5.74, 6) is 0.643. The Bertz CT molecular complexity index is 411. The van der Waals surface area contributed by atoms with Gasteiger partial charge in [0.2, 0.25) is 0 Å². The van der Waals surface area contributed by atoms with E-state index in [2.05, 4.69) is 29.1 Å². The first-order chi connectivity index (χ1) is 9.21. The molecule has 0 saturated heterocycles. The maximum absolute atomic E-state index is 11.7. The van der Waals surface area contributed by atoms with E-state index in [0.717, 1.165) is 31.5 Å². The third kappa shape index (κ3) is 5.53. The lowest BCUT2D eigenvalue weighted by molar-refractivity contribution is 0.0490. The van der Waals surface area contributed by atoms with Crippen LogP contribution < -0.4 is 10.9 Å². The Hall–Kier alpha value is -1.20. The van der Waals surface area contributed by atoms with Gasteiger partial charge in [0.15, 0.2) is 0 Å². The van der Waals surface area contributed by atoms with Crippen LogP contribution in [-0.2, 0) is 11.3 Å². The summed E-state index contributed by atoms with van der Waals surface area (Å²) in [4.78, 5) is 19.0. The van der Waals surface area contributed by atoms with Gasteiger partial charge in [0.25, 0.3) is 5.56 Å². The molecule has 108 valence electrons. The van der Waals surface area contributed by atoms with Crippen LogP contribution in [0.4, 0.5) is 0 Å². The van der Waals surface area contributed by atoms with E-state index in [1.54, 1.807) is 6.07 Å². The van der Waals surface area contributed by atoms with Crippen LogP contribution in [-0.4, -0.2) is 23.1 Å². The van der Waals surface area contributed by atoms with Crippen LogP contribution in [0.25, 0.3) is 0 Å². The lowest BCUT2D eigenvalue weighted by Gasteiger charge is -2.16. The van der Waals surface area contributed by atoms with E-state index >= 15 is 0 Å². The Morgan fingerprint density at radius 3 is 2.79 bits per heavy atom. The number of aromatic amines is 1. The van der Waals surface area contributed by atoms with E-state index in [1.807, 2.05) is 6.92 Å². The number of aromatic nitrogens is 2. The SMILES string of the molecule is CCCNCc1cc(=O)[nH]c(C(CCC)OCC)n1. The highest BCUT2D eigenvalue weighted by atomic mass is 16.5. The summed E-state index contributed by atoms with van der Waals surface area (Å²) in [6.07, 6.45) is 2.80. The van der Waals surface area contributed by atoms with Crippen molar-refractivity contribution >= 4 is 0 Å². The molecule has 0 spiro atoms. The van der Waals surface area contributed by atoms with Crippen LogP contribution in [0.3, 0.4) is 0 Å². The molecule has 0 radical (unpaired) electrons. The number of nitrogens with zero attached hydrogens (tertiary/aromatic N) is 1. The second kappa shape index (κ2) is 8.82. The molecule has 1 aromatic rings. The number of hydrogen-bond donors (Lipinski definition) is 2. The Kier molecular flexibility index (Phi) is 7.36. The molecule has 0 aliphatic heterocycles. The van der Waals surface area contributed by atoms with Crippen molar-refractivity contribution < 1.29 is 4.74 Å². The van der Waals surface area contributed by atoms with Crippen molar-refractivity contribution in [1.29, 1.82) is 0 Å². The molecule has 19 heavy (non-hydrogen) atoms. The van der Waals surface area contributed by atoms with Gasteiger partial charge >= 0.3 is 0 Å². The Morgan fingerprint density at radius 2 is 2.16 bits per heavy atom. The Morgan fingerprint density at radius 1 is 1.37 bits per heavy atom. The molecule has 0 aliphatic rings. The van der Waals surface area contributed by atoms with E-state index in [1.165, 1.54) is 0 Å². The molecule has 0 fully saturated rings. The minimum Gasteiger partial charge on any atom is -0.371 e. The highest BCUT2D eigenvalue weighted by molar-refractivity contribution is 5.04. The molecule has 0 aromatic carbocycles. The van der Waals surface area contributed by atoms with Gasteiger partial charge in [-0.25, -0.2) is 4.98 Å². The second-order valence-electron chi connectivity index (χ2n) is 4.53. The van der Waals surface area contributed by atoms with Gasteiger partial charge in [-0.15, -0.1) is 0 Å². The van der Waals surface area contributed by atoms with E-state index in [0.29, 0.717) is 19.0 Å². The molecule has 1 atom stereocenters. The summed E-state index contributed by atoms with van der Waals surface area (Å²) in [6, 6.07) is 1.54. The second-order valence-corrected chi connectivity index (χ2v) is 4.53. The van der Waals surface area contributed by atoms with Gasteiger partial charge in [-0.1, -0.05) is 20.3 Å². The maximum Gasteiger partial charge on any atom is 0.251 e. The van der Waals surface area contributed by atoms with Crippen LogP contribution in [0.5, 0.6) is 0 Å². The molecule has 0 bridgehead atoms. The van der Waals surface area contributed by atoms with Crippen molar-refractivity contribution in [3.63, 3.8) is 0 Å². The lowest BCUT2D eigenvalue weighted by Crippen LogP contribution is -2.21. The zero-order valence-corrected chi connectivity index (χ0v) is 12.2. The van der Waals surface area contributed by atoms with E-state index < -0.39 is 0 Å². The molecule has 1 unspecified atom stereocenters.